The summed E-state index contributed by atoms with van der Waals surface area (Å²) >= 11 is 0. The van der Waals surface area contributed by atoms with E-state index >= 15 is 0 Å². The third kappa shape index (κ3) is 3.51. The smallest absolute Gasteiger partial charge is 0.338 e. The van der Waals surface area contributed by atoms with E-state index in [0.29, 0.717) is 30.2 Å². The maximum Gasteiger partial charge on any atom is 0.338 e. The third-order valence-corrected chi connectivity index (χ3v) is 4.60. The van der Waals surface area contributed by atoms with Gasteiger partial charge in [0.1, 0.15) is 0 Å². The number of ether oxygens (including phenoxy) is 1. The summed E-state index contributed by atoms with van der Waals surface area (Å²) in [7, 11) is 0. The number of nitrogens with one attached hydrogen (secondary N) is 1. The van der Waals surface area contributed by atoms with Crippen molar-refractivity contribution in [1.82, 2.24) is 15.3 Å². The van der Waals surface area contributed by atoms with E-state index in [4.69, 9.17) is 4.74 Å². The Balaban J connectivity index is 1.52. The van der Waals surface area contributed by atoms with Gasteiger partial charge >= 0.3 is 12.0 Å². The number of benzene rings is 1. The molecule has 2 fully saturated rings. The number of urea groups is 1. The minimum atomic E-state index is -0.425. The summed E-state index contributed by atoms with van der Waals surface area (Å²) in [5, 5.41) is 2.81. The highest BCUT2D eigenvalue weighted by Crippen LogP contribution is 2.42. The molecule has 7 nitrogen and oxygen atoms in total. The fraction of sp³-hybridized carbons (Fsp3) is 0.368. The van der Waals surface area contributed by atoms with E-state index in [0.717, 1.165) is 19.3 Å². The summed E-state index contributed by atoms with van der Waals surface area (Å²) in [6.45, 7) is 1.31. The van der Waals surface area contributed by atoms with Crippen molar-refractivity contribution in [2.75, 3.05) is 18.0 Å². The molecule has 1 aromatic carbocycles. The Morgan fingerprint density at radius 3 is 2.77 bits per heavy atom. The summed E-state index contributed by atoms with van der Waals surface area (Å²) in [6.07, 6.45) is 5.76. The van der Waals surface area contributed by atoms with Gasteiger partial charge in [-0.05, 0) is 43.5 Å². The standard InChI is InChI=1S/C19H20N4O3/c24-18(26-16(13-6-7-13)17-20-8-2-9-21-17)14-4-1-5-15(12-14)23-11-3-10-22-19(23)25/h1-2,4-5,8-9,12-13,16H,3,6-7,10-11H2,(H,22,25)/t16-/m0/s1. The van der Waals surface area contributed by atoms with Crippen LogP contribution in [0.4, 0.5) is 10.5 Å². The molecule has 1 aliphatic carbocycles. The Bertz CT molecular complexity index is 807. The van der Waals surface area contributed by atoms with Gasteiger partial charge in [-0.15, -0.1) is 0 Å². The van der Waals surface area contributed by atoms with Gasteiger partial charge in [0.05, 0.1) is 5.56 Å². The van der Waals surface area contributed by atoms with E-state index in [1.54, 1.807) is 41.6 Å². The van der Waals surface area contributed by atoms with Crippen molar-refractivity contribution >= 4 is 17.7 Å². The lowest BCUT2D eigenvalue weighted by Crippen LogP contribution is -2.46. The van der Waals surface area contributed by atoms with Crippen LogP contribution in [0.15, 0.2) is 42.7 Å². The Hall–Kier alpha value is -2.96. The predicted molar refractivity (Wildman–Crippen MR) is 94.7 cm³/mol. The molecule has 2 amide bonds. The second-order valence-electron chi connectivity index (χ2n) is 6.56. The van der Waals surface area contributed by atoms with E-state index in [-0.39, 0.29) is 11.9 Å². The first kappa shape index (κ1) is 16.5. The molecule has 0 radical (unpaired) electrons. The normalized spacial score (nSPS) is 18.2. The molecule has 1 atom stereocenters. The molecule has 0 bridgehead atoms. The van der Waals surface area contributed by atoms with E-state index in [2.05, 4.69) is 15.3 Å². The molecule has 7 heteroatoms. The number of rotatable bonds is 5. The average Bonchev–Trinajstić information content (AvgIpc) is 3.52. The Labute approximate surface area is 151 Å². The summed E-state index contributed by atoms with van der Waals surface area (Å²) < 4.78 is 5.73. The second kappa shape index (κ2) is 7.11. The highest BCUT2D eigenvalue weighted by atomic mass is 16.5. The van der Waals surface area contributed by atoms with Crippen LogP contribution in [-0.4, -0.2) is 35.1 Å². The first-order valence-corrected chi connectivity index (χ1v) is 8.86. The Kier molecular flexibility index (Phi) is 4.51. The fourth-order valence-corrected chi connectivity index (χ4v) is 3.08. The van der Waals surface area contributed by atoms with Crippen LogP contribution < -0.4 is 10.2 Å². The van der Waals surface area contributed by atoms with Crippen molar-refractivity contribution in [3.8, 4) is 0 Å². The number of hydrogen-bond acceptors (Lipinski definition) is 5. The zero-order valence-electron chi connectivity index (χ0n) is 14.3. The Morgan fingerprint density at radius 1 is 1.23 bits per heavy atom. The minimum absolute atomic E-state index is 0.143. The summed E-state index contributed by atoms with van der Waals surface area (Å²) in [5.41, 5.74) is 1.11. The van der Waals surface area contributed by atoms with Crippen molar-refractivity contribution in [1.29, 1.82) is 0 Å². The fourth-order valence-electron chi connectivity index (χ4n) is 3.08. The first-order valence-electron chi connectivity index (χ1n) is 8.86. The van der Waals surface area contributed by atoms with Crippen LogP contribution in [0.3, 0.4) is 0 Å². The van der Waals surface area contributed by atoms with E-state index in [9.17, 15) is 9.59 Å². The molecule has 134 valence electrons. The maximum absolute atomic E-state index is 12.7. The maximum atomic E-state index is 12.7. The number of amides is 2. The number of carbonyl (C=O) groups excluding carboxylic acids is 2. The van der Waals surface area contributed by atoms with Gasteiger partial charge in [-0.25, -0.2) is 19.6 Å². The number of carbonyl (C=O) groups is 2. The molecule has 1 aromatic heterocycles. The van der Waals surface area contributed by atoms with Crippen molar-refractivity contribution < 1.29 is 14.3 Å². The zero-order valence-corrected chi connectivity index (χ0v) is 14.3. The van der Waals surface area contributed by atoms with Crippen LogP contribution in [0, 0.1) is 5.92 Å². The molecule has 2 heterocycles. The van der Waals surface area contributed by atoms with E-state index in [1.807, 2.05) is 6.07 Å². The lowest BCUT2D eigenvalue weighted by Gasteiger charge is -2.27. The number of aromatic nitrogens is 2. The molecular formula is C19H20N4O3. The number of hydrogen-bond donors (Lipinski definition) is 1. The number of esters is 1. The lowest BCUT2D eigenvalue weighted by atomic mass is 10.1. The van der Waals surface area contributed by atoms with Crippen LogP contribution in [0.2, 0.25) is 0 Å². The summed E-state index contributed by atoms with van der Waals surface area (Å²) in [5.74, 6) is 0.390. The molecule has 2 aliphatic rings. The van der Waals surface area contributed by atoms with E-state index in [1.165, 1.54) is 0 Å². The molecule has 4 rings (SSSR count). The molecule has 1 aliphatic heterocycles. The van der Waals surface area contributed by atoms with Gasteiger partial charge in [0.25, 0.3) is 0 Å². The molecule has 2 aromatic rings. The quantitative estimate of drug-likeness (QED) is 0.837. The van der Waals surface area contributed by atoms with Crippen molar-refractivity contribution in [3.05, 3.63) is 54.1 Å². The molecule has 0 unspecified atom stereocenters. The lowest BCUT2D eigenvalue weighted by molar-refractivity contribution is 0.0218. The largest absolute Gasteiger partial charge is 0.450 e. The average molecular weight is 352 g/mol. The molecular weight excluding hydrogens is 332 g/mol. The molecule has 1 saturated heterocycles. The van der Waals surface area contributed by atoms with Gasteiger partial charge in [-0.3, -0.25) is 4.90 Å². The van der Waals surface area contributed by atoms with Crippen LogP contribution in [-0.2, 0) is 4.74 Å². The van der Waals surface area contributed by atoms with Crippen LogP contribution in [0.25, 0.3) is 0 Å². The minimum Gasteiger partial charge on any atom is -0.450 e. The number of anilines is 1. The van der Waals surface area contributed by atoms with Gasteiger partial charge in [0.2, 0.25) is 0 Å². The monoisotopic (exact) mass is 352 g/mol. The first-order chi connectivity index (χ1) is 12.7. The summed E-state index contributed by atoms with van der Waals surface area (Å²) in [6, 6.07) is 8.57. The zero-order chi connectivity index (χ0) is 17.9. The van der Waals surface area contributed by atoms with E-state index < -0.39 is 12.1 Å². The SMILES string of the molecule is O=C(O[C@H](c1ncccn1)C1CC1)c1cccc(N2CCCNC2=O)c1. The predicted octanol–water partition coefficient (Wildman–Crippen LogP) is 2.70. The molecule has 26 heavy (non-hydrogen) atoms. The third-order valence-electron chi connectivity index (χ3n) is 4.60. The van der Waals surface area contributed by atoms with Gasteiger partial charge in [0, 0.05) is 37.1 Å². The van der Waals surface area contributed by atoms with Gasteiger partial charge < -0.3 is 10.1 Å². The van der Waals surface area contributed by atoms with Crippen LogP contribution in [0.1, 0.15) is 41.5 Å². The Morgan fingerprint density at radius 2 is 2.04 bits per heavy atom. The highest BCUT2D eigenvalue weighted by Gasteiger charge is 2.37. The van der Waals surface area contributed by atoms with Crippen molar-refractivity contribution in [2.24, 2.45) is 5.92 Å². The van der Waals surface area contributed by atoms with Gasteiger partial charge in [0.15, 0.2) is 11.9 Å². The highest BCUT2D eigenvalue weighted by molar-refractivity contribution is 5.95. The van der Waals surface area contributed by atoms with Gasteiger partial charge in [-0.1, -0.05) is 6.07 Å². The second-order valence-corrected chi connectivity index (χ2v) is 6.56. The summed E-state index contributed by atoms with van der Waals surface area (Å²) in [4.78, 5) is 34.8. The van der Waals surface area contributed by atoms with Crippen LogP contribution >= 0.6 is 0 Å². The molecule has 0 spiro atoms. The number of nitrogens with zero attached hydrogens (tertiary/aromatic N) is 3. The molecule has 1 N–H and O–H groups in total. The van der Waals surface area contributed by atoms with Crippen molar-refractivity contribution in [3.63, 3.8) is 0 Å². The van der Waals surface area contributed by atoms with Crippen LogP contribution in [0.5, 0.6) is 0 Å². The van der Waals surface area contributed by atoms with Crippen molar-refractivity contribution in [2.45, 2.75) is 25.4 Å². The van der Waals surface area contributed by atoms with Gasteiger partial charge in [-0.2, -0.15) is 0 Å². The molecule has 1 saturated carbocycles. The topological polar surface area (TPSA) is 84.4 Å².